The maximum atomic E-state index is 5.31. The van der Waals surface area contributed by atoms with Gasteiger partial charge in [0.05, 0.1) is 14.2 Å². The van der Waals surface area contributed by atoms with Gasteiger partial charge in [-0.2, -0.15) is 9.61 Å². The van der Waals surface area contributed by atoms with Crippen LogP contribution in [0, 0.1) is 6.92 Å². The minimum absolute atomic E-state index is 0.726. The molecule has 1 aromatic carbocycles. The lowest BCUT2D eigenvalue weighted by Crippen LogP contribution is -1.95. The Balaban J connectivity index is 1.90. The highest BCUT2D eigenvalue weighted by Crippen LogP contribution is 2.29. The number of rotatable bonds is 4. The number of hydrogen-bond acceptors (Lipinski definition) is 6. The minimum atomic E-state index is 0.726. The fourth-order valence-corrected chi connectivity index (χ4v) is 2.90. The van der Waals surface area contributed by atoms with Crippen molar-refractivity contribution in [1.29, 1.82) is 0 Å². The highest BCUT2D eigenvalue weighted by molar-refractivity contribution is 7.16. The van der Waals surface area contributed by atoms with Crippen molar-refractivity contribution in [3.8, 4) is 11.5 Å². The van der Waals surface area contributed by atoms with Crippen molar-refractivity contribution in [2.45, 2.75) is 13.3 Å². The lowest BCUT2D eigenvalue weighted by atomic mass is 10.1. The summed E-state index contributed by atoms with van der Waals surface area (Å²) in [7, 11) is 3.26. The van der Waals surface area contributed by atoms with Crippen LogP contribution >= 0.6 is 11.3 Å². The van der Waals surface area contributed by atoms with Crippen molar-refractivity contribution in [2.75, 3.05) is 14.2 Å². The van der Waals surface area contributed by atoms with E-state index >= 15 is 0 Å². The highest BCUT2D eigenvalue weighted by Gasteiger charge is 2.11. The largest absolute Gasteiger partial charge is 0.493 e. The number of ether oxygens (including phenoxy) is 2. The zero-order valence-electron chi connectivity index (χ0n) is 11.5. The van der Waals surface area contributed by atoms with Crippen LogP contribution in [0.2, 0.25) is 0 Å². The molecule has 0 aliphatic rings. The molecular weight excluding hydrogens is 276 g/mol. The molecule has 3 rings (SSSR count). The van der Waals surface area contributed by atoms with Gasteiger partial charge in [-0.3, -0.25) is 0 Å². The minimum Gasteiger partial charge on any atom is -0.493 e. The Hall–Kier alpha value is -2.15. The van der Waals surface area contributed by atoms with Gasteiger partial charge in [0.15, 0.2) is 17.3 Å². The van der Waals surface area contributed by atoms with E-state index in [1.54, 1.807) is 30.1 Å². The van der Waals surface area contributed by atoms with E-state index in [4.69, 9.17) is 9.47 Å². The van der Waals surface area contributed by atoms with E-state index in [-0.39, 0.29) is 0 Å². The molecule has 2 heterocycles. The smallest absolute Gasteiger partial charge is 0.234 e. The number of fused-ring (bicyclic) bond motifs is 1. The molecule has 0 unspecified atom stereocenters. The van der Waals surface area contributed by atoms with Gasteiger partial charge in [0.25, 0.3) is 0 Å². The molecule has 0 saturated heterocycles. The van der Waals surface area contributed by atoms with E-state index in [0.717, 1.165) is 39.3 Å². The van der Waals surface area contributed by atoms with Gasteiger partial charge in [0, 0.05) is 6.42 Å². The van der Waals surface area contributed by atoms with Gasteiger partial charge in [-0.1, -0.05) is 17.4 Å². The maximum Gasteiger partial charge on any atom is 0.234 e. The molecule has 2 aromatic heterocycles. The Bertz CT molecular complexity index is 750. The van der Waals surface area contributed by atoms with E-state index in [0.29, 0.717) is 0 Å². The zero-order chi connectivity index (χ0) is 14.1. The van der Waals surface area contributed by atoms with Gasteiger partial charge >= 0.3 is 0 Å². The summed E-state index contributed by atoms with van der Waals surface area (Å²) in [6.07, 6.45) is 0.730. The summed E-state index contributed by atoms with van der Waals surface area (Å²) >= 11 is 1.54. The third-order valence-corrected chi connectivity index (χ3v) is 3.89. The average Bonchev–Trinajstić information content (AvgIpc) is 3.01. The van der Waals surface area contributed by atoms with Crippen molar-refractivity contribution < 1.29 is 9.47 Å². The first-order chi connectivity index (χ1) is 9.71. The van der Waals surface area contributed by atoms with Gasteiger partial charge < -0.3 is 9.47 Å². The molecule has 0 spiro atoms. The Morgan fingerprint density at radius 1 is 1.15 bits per heavy atom. The average molecular weight is 290 g/mol. The zero-order valence-corrected chi connectivity index (χ0v) is 12.3. The van der Waals surface area contributed by atoms with Gasteiger partial charge in [-0.05, 0) is 24.6 Å². The number of aryl methyl sites for hydroxylation is 1. The second-order valence-corrected chi connectivity index (χ2v) is 5.34. The van der Waals surface area contributed by atoms with E-state index in [1.165, 1.54) is 0 Å². The van der Waals surface area contributed by atoms with Gasteiger partial charge in [0.2, 0.25) is 4.96 Å². The SMILES string of the molecule is COc1ccc(Cc2nn3c(C)nnc3s2)cc1OC. The predicted molar refractivity (Wildman–Crippen MR) is 75.7 cm³/mol. The van der Waals surface area contributed by atoms with Gasteiger partial charge in [-0.15, -0.1) is 10.2 Å². The molecule has 0 N–H and O–H groups in total. The lowest BCUT2D eigenvalue weighted by Gasteiger charge is -2.08. The Kier molecular flexibility index (Phi) is 3.27. The number of benzene rings is 1. The Morgan fingerprint density at radius 3 is 2.65 bits per heavy atom. The van der Waals surface area contributed by atoms with Crippen LogP contribution in [-0.4, -0.2) is 34.0 Å². The summed E-state index contributed by atoms with van der Waals surface area (Å²) < 4.78 is 12.3. The fraction of sp³-hybridized carbons (Fsp3) is 0.308. The van der Waals surface area contributed by atoms with Crippen molar-refractivity contribution in [3.05, 3.63) is 34.6 Å². The summed E-state index contributed by atoms with van der Waals surface area (Å²) in [5.74, 6) is 2.25. The molecule has 0 radical (unpaired) electrons. The third kappa shape index (κ3) is 2.20. The number of nitrogens with zero attached hydrogens (tertiary/aromatic N) is 4. The molecule has 6 nitrogen and oxygen atoms in total. The number of hydrogen-bond donors (Lipinski definition) is 0. The fourth-order valence-electron chi connectivity index (χ4n) is 1.99. The topological polar surface area (TPSA) is 61.5 Å². The van der Waals surface area contributed by atoms with Crippen LogP contribution in [0.3, 0.4) is 0 Å². The van der Waals surface area contributed by atoms with Crippen LogP contribution in [-0.2, 0) is 6.42 Å². The summed E-state index contributed by atoms with van der Waals surface area (Å²) in [6.45, 7) is 1.89. The van der Waals surface area contributed by atoms with Gasteiger partial charge in [0.1, 0.15) is 5.01 Å². The first-order valence-electron chi connectivity index (χ1n) is 6.10. The van der Waals surface area contributed by atoms with E-state index in [9.17, 15) is 0 Å². The third-order valence-electron chi connectivity index (χ3n) is 2.99. The first kappa shape index (κ1) is 12.9. The predicted octanol–water partition coefficient (Wildman–Crippen LogP) is 2.10. The van der Waals surface area contributed by atoms with Crippen LogP contribution < -0.4 is 9.47 Å². The summed E-state index contributed by atoms with van der Waals surface area (Å²) in [5, 5.41) is 13.5. The molecule has 0 amide bonds. The molecule has 104 valence electrons. The summed E-state index contributed by atoms with van der Waals surface area (Å²) in [4.78, 5) is 0.818. The maximum absolute atomic E-state index is 5.31. The van der Waals surface area contributed by atoms with Crippen LogP contribution in [0.25, 0.3) is 4.96 Å². The molecule has 0 aliphatic heterocycles. The number of methoxy groups -OCH3 is 2. The standard InChI is InChI=1S/C13H14N4O2S/c1-8-14-15-13-17(8)16-12(20-13)7-9-4-5-10(18-2)11(6-9)19-3/h4-6H,7H2,1-3H3. The van der Waals surface area contributed by atoms with Gasteiger partial charge in [-0.25, -0.2) is 0 Å². The molecule has 0 aliphatic carbocycles. The molecule has 0 bridgehead atoms. The van der Waals surface area contributed by atoms with Crippen LogP contribution in [0.1, 0.15) is 16.4 Å². The Morgan fingerprint density at radius 2 is 1.95 bits per heavy atom. The second kappa shape index (κ2) is 5.09. The first-order valence-corrected chi connectivity index (χ1v) is 6.91. The van der Waals surface area contributed by atoms with Crippen LogP contribution in [0.15, 0.2) is 18.2 Å². The van der Waals surface area contributed by atoms with Crippen molar-refractivity contribution in [2.24, 2.45) is 0 Å². The molecule has 7 heteroatoms. The van der Waals surface area contributed by atoms with Crippen LogP contribution in [0.5, 0.6) is 11.5 Å². The quantitative estimate of drug-likeness (QED) is 0.736. The van der Waals surface area contributed by atoms with E-state index in [1.807, 2.05) is 25.1 Å². The molecular formula is C13H14N4O2S. The molecule has 0 saturated carbocycles. The Labute approximate surface area is 120 Å². The lowest BCUT2D eigenvalue weighted by molar-refractivity contribution is 0.354. The van der Waals surface area contributed by atoms with Crippen molar-refractivity contribution >= 4 is 16.3 Å². The van der Waals surface area contributed by atoms with E-state index < -0.39 is 0 Å². The highest BCUT2D eigenvalue weighted by atomic mass is 32.1. The van der Waals surface area contributed by atoms with E-state index in [2.05, 4.69) is 15.3 Å². The second-order valence-electron chi connectivity index (χ2n) is 4.30. The molecule has 0 fully saturated rings. The molecule has 20 heavy (non-hydrogen) atoms. The molecule has 3 aromatic rings. The molecule has 0 atom stereocenters. The summed E-state index contributed by atoms with van der Waals surface area (Å²) in [5.41, 5.74) is 1.12. The normalized spacial score (nSPS) is 10.9. The van der Waals surface area contributed by atoms with Crippen molar-refractivity contribution in [3.63, 3.8) is 0 Å². The van der Waals surface area contributed by atoms with Crippen molar-refractivity contribution in [1.82, 2.24) is 19.8 Å². The summed E-state index contributed by atoms with van der Waals surface area (Å²) in [6, 6.07) is 5.88. The number of aromatic nitrogens is 4. The van der Waals surface area contributed by atoms with Crippen LogP contribution in [0.4, 0.5) is 0 Å². The monoisotopic (exact) mass is 290 g/mol.